The number of hydrogen-bond acceptors (Lipinski definition) is 0. The molecule has 10 heavy (non-hydrogen) atoms. The second-order valence-corrected chi connectivity index (χ2v) is 1.49. The molecule has 0 fully saturated rings. The second-order valence-electron chi connectivity index (χ2n) is 1.49. The van der Waals surface area contributed by atoms with E-state index in [0.717, 1.165) is 0 Å². The molecule has 0 unspecified atom stereocenters. The molecule has 2 heteroatoms. The summed E-state index contributed by atoms with van der Waals surface area (Å²) >= 11 is 2.15. The van der Waals surface area contributed by atoms with Crippen molar-refractivity contribution in [3.63, 3.8) is 0 Å². The highest BCUT2D eigenvalue weighted by Crippen LogP contribution is 2.05. The molecule has 0 aromatic carbocycles. The zero-order chi connectivity index (χ0) is 8.57. The topological polar surface area (TPSA) is 0 Å². The highest BCUT2D eigenvalue weighted by molar-refractivity contribution is 14.1. The van der Waals surface area contributed by atoms with E-state index in [-0.39, 0.29) is 0 Å². The van der Waals surface area contributed by atoms with Crippen molar-refractivity contribution < 1.29 is 4.39 Å². The van der Waals surface area contributed by atoms with Gasteiger partial charge in [0.2, 0.25) is 0 Å². The zero-order valence-corrected chi connectivity index (χ0v) is 8.48. The Kier molecular flexibility index (Phi) is 11.1. The van der Waals surface area contributed by atoms with Crippen LogP contribution in [0, 0.1) is 0 Å². The summed E-state index contributed by atoms with van der Waals surface area (Å²) in [4.78, 5) is 1.97. The van der Waals surface area contributed by atoms with Gasteiger partial charge in [-0.25, -0.2) is 4.39 Å². The summed E-state index contributed by atoms with van der Waals surface area (Å²) < 4.78 is 12.0. The molecule has 0 atom stereocenters. The van der Waals surface area contributed by atoms with Crippen LogP contribution in [0.5, 0.6) is 0 Å². The molecule has 58 valence electrons. The van der Waals surface area contributed by atoms with Gasteiger partial charge in [0.25, 0.3) is 0 Å². The summed E-state index contributed by atoms with van der Waals surface area (Å²) in [5.41, 5.74) is 0.528. The first-order valence-corrected chi connectivity index (χ1v) is 4.86. The van der Waals surface area contributed by atoms with E-state index in [2.05, 4.69) is 35.7 Å². The lowest BCUT2D eigenvalue weighted by atomic mass is 10.3. The third kappa shape index (κ3) is 7.88. The Morgan fingerprint density at radius 1 is 1.50 bits per heavy atom. The minimum Gasteiger partial charge on any atom is -0.207 e. The normalized spacial score (nSPS) is 9.40. The fraction of sp³-hybridized carbons (Fsp3) is 0.250. The van der Waals surface area contributed by atoms with Gasteiger partial charge in [0, 0.05) is 0 Å². The van der Waals surface area contributed by atoms with Gasteiger partial charge in [0.05, 0.1) is 0 Å². The van der Waals surface area contributed by atoms with Gasteiger partial charge in [0.15, 0.2) is 0 Å². The van der Waals surface area contributed by atoms with Crippen molar-refractivity contribution in [2.45, 2.75) is 6.92 Å². The second kappa shape index (κ2) is 8.88. The molecule has 0 bridgehead atoms. The van der Waals surface area contributed by atoms with Crippen LogP contribution in [0.1, 0.15) is 6.92 Å². The molecule has 0 aliphatic heterocycles. The van der Waals surface area contributed by atoms with Crippen molar-refractivity contribution in [2.75, 3.05) is 4.93 Å². The van der Waals surface area contributed by atoms with Crippen molar-refractivity contribution in [1.82, 2.24) is 0 Å². The maximum atomic E-state index is 12.0. The predicted molar refractivity (Wildman–Crippen MR) is 54.1 cm³/mol. The van der Waals surface area contributed by atoms with E-state index in [9.17, 15) is 4.39 Å². The average Bonchev–Trinajstić information content (AvgIpc) is 1.93. The van der Waals surface area contributed by atoms with Crippen LogP contribution in [0.2, 0.25) is 0 Å². The van der Waals surface area contributed by atoms with Gasteiger partial charge >= 0.3 is 0 Å². The lowest BCUT2D eigenvalue weighted by Crippen LogP contribution is -1.70. The molecule has 0 heterocycles. The number of hydrogen-bond donors (Lipinski definition) is 0. The summed E-state index contributed by atoms with van der Waals surface area (Å²) in [7, 11) is 0. The molecule has 0 saturated carbocycles. The lowest BCUT2D eigenvalue weighted by Gasteiger charge is -1.88. The summed E-state index contributed by atoms with van der Waals surface area (Å²) in [5.74, 6) is -0.398. The van der Waals surface area contributed by atoms with Crippen molar-refractivity contribution in [3.8, 4) is 0 Å². The largest absolute Gasteiger partial charge is 0.207 e. The SMILES string of the molecule is C=C/C=C(/C)C(=C)F.CI. The van der Waals surface area contributed by atoms with Crippen LogP contribution >= 0.6 is 22.6 Å². The van der Waals surface area contributed by atoms with Crippen LogP contribution in [-0.4, -0.2) is 4.93 Å². The molecule has 0 nitrogen and oxygen atoms in total. The van der Waals surface area contributed by atoms with Gasteiger partial charge in [-0.2, -0.15) is 0 Å². The van der Waals surface area contributed by atoms with Gasteiger partial charge in [-0.15, -0.1) is 0 Å². The Labute approximate surface area is 75.7 Å². The van der Waals surface area contributed by atoms with Gasteiger partial charge in [0.1, 0.15) is 5.83 Å². The van der Waals surface area contributed by atoms with Crippen LogP contribution < -0.4 is 0 Å². The summed E-state index contributed by atoms with van der Waals surface area (Å²) in [6.45, 7) is 8.13. The first-order chi connectivity index (χ1) is 4.68. The first-order valence-electron chi connectivity index (χ1n) is 2.70. The van der Waals surface area contributed by atoms with E-state index >= 15 is 0 Å². The van der Waals surface area contributed by atoms with Crippen molar-refractivity contribution >= 4 is 22.6 Å². The monoisotopic (exact) mass is 254 g/mol. The van der Waals surface area contributed by atoms with Crippen molar-refractivity contribution in [1.29, 1.82) is 0 Å². The smallest absolute Gasteiger partial charge is 0.118 e. The summed E-state index contributed by atoms with van der Waals surface area (Å²) in [6, 6.07) is 0. The lowest BCUT2D eigenvalue weighted by molar-refractivity contribution is 0.656. The molecule has 0 aromatic rings. The van der Waals surface area contributed by atoms with Crippen LogP contribution in [0.25, 0.3) is 0 Å². The molecule has 0 amide bonds. The predicted octanol–water partition coefficient (Wildman–Crippen LogP) is 3.65. The van der Waals surface area contributed by atoms with Crippen LogP contribution in [0.15, 0.2) is 36.7 Å². The Morgan fingerprint density at radius 3 is 2.00 bits per heavy atom. The van der Waals surface area contributed by atoms with Crippen LogP contribution in [-0.2, 0) is 0 Å². The Hall–Kier alpha value is -0.120. The molecule has 0 rings (SSSR count). The van der Waals surface area contributed by atoms with Gasteiger partial charge in [-0.3, -0.25) is 0 Å². The number of alkyl halides is 1. The average molecular weight is 254 g/mol. The molecular formula is C8H12FI. The van der Waals surface area contributed by atoms with E-state index in [1.807, 2.05) is 4.93 Å². The fourth-order valence-electron chi connectivity index (χ4n) is 0.267. The highest BCUT2D eigenvalue weighted by atomic mass is 127. The Morgan fingerprint density at radius 2 is 1.90 bits per heavy atom. The molecule has 0 radical (unpaired) electrons. The highest BCUT2D eigenvalue weighted by Gasteiger charge is 1.87. The molecule has 0 aromatic heterocycles. The molecule has 0 aliphatic carbocycles. The Bertz CT molecular complexity index is 136. The maximum absolute atomic E-state index is 12.0. The van der Waals surface area contributed by atoms with E-state index in [0.29, 0.717) is 5.57 Å². The molecule has 0 N–H and O–H groups in total. The van der Waals surface area contributed by atoms with Crippen LogP contribution in [0.4, 0.5) is 4.39 Å². The van der Waals surface area contributed by atoms with Gasteiger partial charge in [-0.05, 0) is 17.4 Å². The zero-order valence-electron chi connectivity index (χ0n) is 6.32. The first kappa shape index (κ1) is 12.5. The summed E-state index contributed by atoms with van der Waals surface area (Å²) in [5, 5.41) is 0. The maximum Gasteiger partial charge on any atom is 0.118 e. The molecule has 0 saturated heterocycles. The van der Waals surface area contributed by atoms with Gasteiger partial charge < -0.3 is 0 Å². The van der Waals surface area contributed by atoms with E-state index in [1.54, 1.807) is 13.0 Å². The molecular weight excluding hydrogens is 242 g/mol. The van der Waals surface area contributed by atoms with E-state index in [4.69, 9.17) is 0 Å². The molecule has 0 aliphatic rings. The van der Waals surface area contributed by atoms with E-state index < -0.39 is 5.83 Å². The number of halogens is 2. The summed E-state index contributed by atoms with van der Waals surface area (Å²) in [6.07, 6.45) is 3.10. The van der Waals surface area contributed by atoms with Crippen molar-refractivity contribution in [3.05, 3.63) is 36.7 Å². The Balaban J connectivity index is 0. The number of rotatable bonds is 2. The standard InChI is InChI=1S/C7H9F.CH3I/c1-4-5-6(2)7(3)8;1-2/h4-5H,1,3H2,2H3;1H3/b6-5-;. The number of allylic oxidation sites excluding steroid dienone is 4. The van der Waals surface area contributed by atoms with Gasteiger partial charge in [-0.1, -0.05) is 47.9 Å². The fourth-order valence-corrected chi connectivity index (χ4v) is 0.267. The third-order valence-corrected chi connectivity index (χ3v) is 0.796. The third-order valence-electron chi connectivity index (χ3n) is 0.796. The van der Waals surface area contributed by atoms with Crippen LogP contribution in [0.3, 0.4) is 0 Å². The minimum atomic E-state index is -0.398. The quantitative estimate of drug-likeness (QED) is 0.401. The minimum absolute atomic E-state index is 0.398. The van der Waals surface area contributed by atoms with Crippen molar-refractivity contribution in [2.24, 2.45) is 0 Å². The van der Waals surface area contributed by atoms with E-state index in [1.165, 1.54) is 6.08 Å². The molecule has 0 spiro atoms.